The molecular weight excluding hydrogens is 1810 g/mol. The lowest BCUT2D eigenvalue weighted by Crippen LogP contribution is -2.38. The van der Waals surface area contributed by atoms with Crippen molar-refractivity contribution in [2.24, 2.45) is 0 Å². The van der Waals surface area contributed by atoms with Crippen LogP contribution in [0.3, 0.4) is 0 Å². The van der Waals surface area contributed by atoms with Gasteiger partial charge in [0.15, 0.2) is 0 Å². The summed E-state index contributed by atoms with van der Waals surface area (Å²) in [7, 11) is 0. The number of hydrogen-bond donors (Lipinski definition) is 0. The van der Waals surface area contributed by atoms with E-state index in [0.717, 1.165) is 98.1 Å². The van der Waals surface area contributed by atoms with Crippen LogP contribution in [0.15, 0.2) is 334 Å². The molecule has 8 aliphatic rings. The first-order valence-electron chi connectivity index (χ1n) is 58.4. The zero-order chi connectivity index (χ0) is 111. The normalized spacial score (nSPS) is 17.6. The maximum atomic E-state index is 9.68. The molecule has 5 nitrogen and oxygen atoms in total. The lowest BCUT2D eigenvalue weighted by Gasteiger charge is -2.41. The van der Waals surface area contributed by atoms with Gasteiger partial charge in [-0.1, -0.05) is 341 Å². The lowest BCUT2D eigenvalue weighted by atomic mass is 9.78. The molecular formula is C145H169N5. The number of nitrogens with zero attached hydrogens (tertiary/aromatic N) is 5. The summed E-state index contributed by atoms with van der Waals surface area (Å²) in [6.45, 7) is 65.3. The van der Waals surface area contributed by atoms with Crippen LogP contribution in [0.5, 0.6) is 0 Å². The third-order valence-electron chi connectivity index (χ3n) is 33.5. The van der Waals surface area contributed by atoms with Crippen LogP contribution in [0.1, 0.15) is 391 Å². The molecule has 0 unspecified atom stereocenters. The molecule has 0 aliphatic heterocycles. The summed E-state index contributed by atoms with van der Waals surface area (Å²) in [6, 6.07) is 121. The lowest BCUT2D eigenvalue weighted by molar-refractivity contribution is 0.442. The molecule has 23 rings (SSSR count). The van der Waals surface area contributed by atoms with Crippen LogP contribution < -0.4 is 24.5 Å². The van der Waals surface area contributed by atoms with Crippen LogP contribution in [0.2, 0.25) is 0 Å². The van der Waals surface area contributed by atoms with Crippen LogP contribution >= 0.6 is 0 Å². The smallest absolute Gasteiger partial charge is 0.0454 e. The summed E-state index contributed by atoms with van der Waals surface area (Å²) in [4.78, 5) is 12.2. The maximum absolute atomic E-state index is 9.68. The van der Waals surface area contributed by atoms with E-state index in [4.69, 9.17) is 4.11 Å². The van der Waals surface area contributed by atoms with E-state index in [1.54, 1.807) is 0 Å². The van der Waals surface area contributed by atoms with Crippen molar-refractivity contribution in [1.82, 2.24) is 0 Å². The van der Waals surface area contributed by atoms with E-state index < -0.39 is 29.5 Å². The Kier molecular flexibility index (Phi) is 26.8. The van der Waals surface area contributed by atoms with Crippen molar-refractivity contribution in [3.63, 3.8) is 0 Å². The fraction of sp³-hybridized carbons (Fsp3) is 0.379. The molecule has 0 atom stereocenters. The molecule has 3 fully saturated rings. The number of hydrogen-bond acceptors (Lipinski definition) is 5. The zero-order valence-corrected chi connectivity index (χ0v) is 95.8. The SMILES string of the molecule is [2H]C(C)(C)c1cc2c(cc1N(c1ccccc1)C(C)(C)C)C(C)(C)c1ccccc1-2.[2H]C(C)(C)c1cc2c(cc1N(c1ccccc1)C(C)(C)C)C(C)(C)c1ccccc1-2.[2H]C1(c2cc3c(cc2N(c2ccccc2)C(C)(C)C)C(C)(C)c2ccccc2-3)CC1.[2H]C1(c2cc3c(cc2N(c2ccccc2)C(C)(C)C)C(C)(C)c2ccccc2-3)CCCC1.[2H]C1(c2cc3c(cc2N(c2ccccc2)C(C)(C)C)C(C)(C)c2ccccc2-3)CCCCC1. The molecule has 15 aromatic rings. The third kappa shape index (κ3) is 19.9. The fourth-order valence-corrected chi connectivity index (χ4v) is 26.2. The highest BCUT2D eigenvalue weighted by molar-refractivity contribution is 5.92. The molecule has 0 spiro atoms. The summed E-state index contributed by atoms with van der Waals surface area (Å²) < 4.78 is 46.3. The number of para-hydroxylation sites is 5. The Morgan fingerprint density at radius 2 is 0.380 bits per heavy atom. The average molecular weight is 1990 g/mol. The van der Waals surface area contributed by atoms with E-state index in [1.165, 1.54) is 169 Å². The van der Waals surface area contributed by atoms with Gasteiger partial charge >= 0.3 is 0 Å². The van der Waals surface area contributed by atoms with E-state index in [9.17, 15) is 2.74 Å². The summed E-state index contributed by atoms with van der Waals surface area (Å²) in [5.74, 6) is -2.97. The molecule has 15 aromatic carbocycles. The van der Waals surface area contributed by atoms with Gasteiger partial charge in [-0.05, 0) is 432 Å². The van der Waals surface area contributed by atoms with E-state index >= 15 is 0 Å². The van der Waals surface area contributed by atoms with E-state index in [-0.39, 0.29) is 54.8 Å². The molecule has 774 valence electrons. The topological polar surface area (TPSA) is 16.2 Å². The van der Waals surface area contributed by atoms with Crippen molar-refractivity contribution in [2.45, 2.75) is 356 Å². The Bertz CT molecular complexity index is 7300. The summed E-state index contributed by atoms with van der Waals surface area (Å²) in [5, 5.41) is 0. The van der Waals surface area contributed by atoms with Crippen LogP contribution in [0.25, 0.3) is 55.6 Å². The van der Waals surface area contributed by atoms with Gasteiger partial charge in [0.2, 0.25) is 0 Å². The van der Waals surface area contributed by atoms with Crippen molar-refractivity contribution in [1.29, 1.82) is 0 Å². The van der Waals surface area contributed by atoms with Gasteiger partial charge in [0.25, 0.3) is 0 Å². The first-order chi connectivity index (χ1) is 72.7. The molecule has 0 radical (unpaired) electrons. The third-order valence-corrected chi connectivity index (χ3v) is 33.5. The Balaban J connectivity index is 0.000000121. The number of fused-ring (bicyclic) bond motifs is 15. The minimum Gasteiger partial charge on any atom is -0.336 e. The molecule has 0 saturated heterocycles. The van der Waals surface area contributed by atoms with E-state index in [1.807, 2.05) is 27.7 Å². The standard InChI is InChI=1S/C31H37N.C30H35N.C28H31N.2C28H33N/c1-30(2,3)32(23-16-10-7-11-17-23)29-21-28-26(20-25(29)22-14-8-6-9-15-22)24-18-12-13-19-27(24)31(28,4)5;1-29(2,3)31(22-15-7-6-8-16-22)28-20-27-25(19-24(28)21-13-9-10-14-21)23-17-11-12-18-26(23)30(27,4)5;1-27(2,3)29(20-11-7-6-8-12-20)26-18-25-23(17-22(26)19-15-16-19)21-13-9-10-14-24(21)28(25,4)5;2*1-19(2)22-17-23-21-15-11-12-16-24(21)28(6,7)25(23)18-26(22)29(27(3,4)5)20-13-9-8-10-14-20/h7,10-13,16-22H,6,8-9,14-15H2,1-5H3;6-8,11-12,15-21H,9-10,13-14H2,1-5H3;6-14,17-19H,15-16H2,1-5H3;2*8-19H,1-7H3/i22D;21D;3*19D. The second-order valence-electron chi connectivity index (χ2n) is 51.7. The van der Waals surface area contributed by atoms with Gasteiger partial charge in [-0.15, -0.1) is 0 Å². The molecule has 8 aliphatic carbocycles. The Morgan fingerprint density at radius 1 is 0.207 bits per heavy atom. The average Bonchev–Trinajstić information content (AvgIpc) is 1.74. The van der Waals surface area contributed by atoms with Crippen molar-refractivity contribution >= 4 is 56.9 Å². The van der Waals surface area contributed by atoms with Gasteiger partial charge in [0, 0.05) is 118 Å². The second-order valence-corrected chi connectivity index (χ2v) is 51.7. The Hall–Kier alpha value is -12.7. The predicted octanol–water partition coefficient (Wildman–Crippen LogP) is 41.5. The number of anilines is 10. The highest BCUT2D eigenvalue weighted by Crippen LogP contribution is 2.62. The molecule has 3 saturated carbocycles. The molecule has 0 N–H and O–H groups in total. The van der Waals surface area contributed by atoms with Gasteiger partial charge in [-0.3, -0.25) is 0 Å². The monoisotopic (exact) mass is 1990 g/mol. The highest BCUT2D eigenvalue weighted by Gasteiger charge is 2.47. The van der Waals surface area contributed by atoms with Crippen LogP contribution in [-0.4, -0.2) is 27.7 Å². The minimum atomic E-state index is -0.718. The van der Waals surface area contributed by atoms with Gasteiger partial charge in [-0.2, -0.15) is 0 Å². The molecule has 0 bridgehead atoms. The molecule has 0 heterocycles. The van der Waals surface area contributed by atoms with E-state index in [2.05, 4.69) is 531 Å². The number of rotatable bonds is 15. The van der Waals surface area contributed by atoms with Gasteiger partial charge < -0.3 is 24.5 Å². The zero-order valence-electron chi connectivity index (χ0n) is 101. The van der Waals surface area contributed by atoms with Gasteiger partial charge in [0.05, 0.1) is 0 Å². The Morgan fingerprint density at radius 3 is 0.580 bits per heavy atom. The highest BCUT2D eigenvalue weighted by atomic mass is 15.2. The van der Waals surface area contributed by atoms with Crippen molar-refractivity contribution in [3.8, 4) is 55.6 Å². The summed E-state index contributed by atoms with van der Waals surface area (Å²) in [5.41, 5.74) is 43.4. The van der Waals surface area contributed by atoms with E-state index in [0.29, 0.717) is 0 Å². The quantitative estimate of drug-likeness (QED) is 0.101. The van der Waals surface area contributed by atoms with Crippen molar-refractivity contribution in [2.75, 3.05) is 24.5 Å². The number of benzene rings is 15. The summed E-state index contributed by atoms with van der Waals surface area (Å²) >= 11 is 0. The largest absolute Gasteiger partial charge is 0.336 e. The van der Waals surface area contributed by atoms with Crippen LogP contribution in [0, 0.1) is 0 Å². The summed E-state index contributed by atoms with van der Waals surface area (Å²) in [6.07, 6.45) is 11.5. The first kappa shape index (κ1) is 99.3. The minimum absolute atomic E-state index is 0.0435. The molecule has 0 amide bonds. The first-order valence-corrected chi connectivity index (χ1v) is 55.9. The maximum Gasteiger partial charge on any atom is 0.0454 e. The molecule has 0 aromatic heterocycles. The Labute approximate surface area is 910 Å². The van der Waals surface area contributed by atoms with Gasteiger partial charge in [-0.25, -0.2) is 0 Å². The second kappa shape index (κ2) is 40.5. The van der Waals surface area contributed by atoms with Gasteiger partial charge in [0.1, 0.15) is 0 Å². The van der Waals surface area contributed by atoms with Crippen LogP contribution in [0.4, 0.5) is 56.9 Å². The predicted molar refractivity (Wildman–Crippen MR) is 649 cm³/mol. The molecule has 5 heteroatoms. The van der Waals surface area contributed by atoms with Crippen molar-refractivity contribution in [3.05, 3.63) is 417 Å². The van der Waals surface area contributed by atoms with Crippen molar-refractivity contribution < 1.29 is 6.85 Å². The fourth-order valence-electron chi connectivity index (χ4n) is 26.2. The molecule has 150 heavy (non-hydrogen) atoms. The van der Waals surface area contributed by atoms with Crippen LogP contribution in [-0.2, 0) is 27.1 Å².